The van der Waals surface area contributed by atoms with Crippen molar-refractivity contribution in [1.29, 1.82) is 0 Å². The third kappa shape index (κ3) is 6.55. The first-order valence-corrected chi connectivity index (χ1v) is 7.94. The SMILES string of the molecule is Cc1ccc(C(=O)O)cc1C(=O)O.S=C(S)N1CCCNCC1. The monoisotopic (exact) mass is 356 g/mol. The number of carboxylic acid groups (broad SMARTS) is 2. The lowest BCUT2D eigenvalue weighted by molar-refractivity contribution is 0.0695. The molecule has 1 aliphatic rings. The molecule has 6 nitrogen and oxygen atoms in total. The molecule has 1 fully saturated rings. The molecule has 126 valence electrons. The number of hydrogen-bond acceptors (Lipinski definition) is 4. The second-order valence-corrected chi connectivity index (χ2v) is 6.13. The number of carbonyl (C=O) groups is 2. The van der Waals surface area contributed by atoms with Gasteiger partial charge >= 0.3 is 11.9 Å². The first-order chi connectivity index (χ1) is 10.8. The Morgan fingerprint density at radius 2 is 1.91 bits per heavy atom. The highest BCUT2D eigenvalue weighted by Gasteiger charge is 2.10. The van der Waals surface area contributed by atoms with Gasteiger partial charge in [0.25, 0.3) is 0 Å². The molecule has 3 N–H and O–H groups in total. The highest BCUT2D eigenvalue weighted by molar-refractivity contribution is 8.10. The van der Waals surface area contributed by atoms with Crippen molar-refractivity contribution in [3.05, 3.63) is 34.9 Å². The number of hydrogen-bond donors (Lipinski definition) is 4. The summed E-state index contributed by atoms with van der Waals surface area (Å²) >= 11 is 9.06. The number of thiocarbonyl (C=S) groups is 1. The molecule has 1 saturated heterocycles. The first kappa shape index (κ1) is 19.4. The van der Waals surface area contributed by atoms with Crippen LogP contribution in [0.15, 0.2) is 18.2 Å². The van der Waals surface area contributed by atoms with E-state index in [1.165, 1.54) is 18.6 Å². The summed E-state index contributed by atoms with van der Waals surface area (Å²) in [6.45, 7) is 5.81. The molecule has 1 heterocycles. The molecule has 0 unspecified atom stereocenters. The van der Waals surface area contributed by atoms with E-state index in [1.54, 1.807) is 6.92 Å². The molecular formula is C15H20N2O4S2. The zero-order valence-corrected chi connectivity index (χ0v) is 14.5. The van der Waals surface area contributed by atoms with Gasteiger partial charge in [-0.3, -0.25) is 0 Å². The summed E-state index contributed by atoms with van der Waals surface area (Å²) in [7, 11) is 0. The molecule has 0 aromatic heterocycles. The van der Waals surface area contributed by atoms with E-state index in [0.717, 1.165) is 36.6 Å². The number of nitrogens with zero attached hydrogens (tertiary/aromatic N) is 1. The van der Waals surface area contributed by atoms with Gasteiger partial charge in [-0.1, -0.05) is 18.3 Å². The Balaban J connectivity index is 0.000000238. The third-order valence-corrected chi connectivity index (χ3v) is 3.87. The van der Waals surface area contributed by atoms with Gasteiger partial charge in [0.15, 0.2) is 0 Å². The summed E-state index contributed by atoms with van der Waals surface area (Å²) in [4.78, 5) is 23.2. The van der Waals surface area contributed by atoms with E-state index in [4.69, 9.17) is 22.4 Å². The molecule has 1 aliphatic heterocycles. The fourth-order valence-electron chi connectivity index (χ4n) is 2.02. The molecule has 0 saturated carbocycles. The van der Waals surface area contributed by atoms with Gasteiger partial charge in [-0.05, 0) is 37.6 Å². The Hall–Kier alpha value is -1.64. The number of rotatable bonds is 2. The van der Waals surface area contributed by atoms with Crippen molar-refractivity contribution in [2.75, 3.05) is 26.2 Å². The standard InChI is InChI=1S/C9H8O4.C6H12N2S2/c1-5-2-3-6(8(10)11)4-7(5)9(12)13;9-6(10)8-4-1-2-7-3-5-8/h2-4H,1H3,(H,10,11)(H,12,13);7H,1-5H2,(H,9,10). The normalized spacial score (nSPS) is 14.3. The summed E-state index contributed by atoms with van der Waals surface area (Å²) in [5.74, 6) is -2.23. The topological polar surface area (TPSA) is 89.9 Å². The van der Waals surface area contributed by atoms with Crippen LogP contribution in [-0.2, 0) is 0 Å². The van der Waals surface area contributed by atoms with Gasteiger partial charge in [0.2, 0.25) is 0 Å². The smallest absolute Gasteiger partial charge is 0.335 e. The van der Waals surface area contributed by atoms with Gasteiger partial charge in [0.1, 0.15) is 4.32 Å². The van der Waals surface area contributed by atoms with E-state index in [-0.39, 0.29) is 11.1 Å². The van der Waals surface area contributed by atoms with E-state index in [0.29, 0.717) is 5.56 Å². The number of carboxylic acids is 2. The lowest BCUT2D eigenvalue weighted by atomic mass is 10.1. The van der Waals surface area contributed by atoms with Gasteiger partial charge < -0.3 is 20.4 Å². The van der Waals surface area contributed by atoms with Crippen molar-refractivity contribution < 1.29 is 19.8 Å². The minimum absolute atomic E-state index is 0.0111. The highest BCUT2D eigenvalue weighted by atomic mass is 32.1. The van der Waals surface area contributed by atoms with Crippen LogP contribution in [0.3, 0.4) is 0 Å². The third-order valence-electron chi connectivity index (χ3n) is 3.33. The maximum atomic E-state index is 10.6. The number of aryl methyl sites for hydroxylation is 1. The van der Waals surface area contributed by atoms with Gasteiger partial charge in [-0.2, -0.15) is 0 Å². The Kier molecular flexibility index (Phi) is 8.01. The van der Waals surface area contributed by atoms with Crippen LogP contribution < -0.4 is 5.32 Å². The Labute approximate surface area is 145 Å². The molecule has 0 bridgehead atoms. The zero-order chi connectivity index (χ0) is 17.4. The molecule has 8 heteroatoms. The van der Waals surface area contributed by atoms with Crippen LogP contribution in [0.2, 0.25) is 0 Å². The molecule has 0 aliphatic carbocycles. The predicted molar refractivity (Wildman–Crippen MR) is 95.7 cm³/mol. The fraction of sp³-hybridized carbons (Fsp3) is 0.400. The largest absolute Gasteiger partial charge is 0.478 e. The highest BCUT2D eigenvalue weighted by Crippen LogP contribution is 2.11. The van der Waals surface area contributed by atoms with Crippen molar-refractivity contribution in [2.45, 2.75) is 13.3 Å². The lowest BCUT2D eigenvalue weighted by Crippen LogP contribution is -2.29. The number of benzene rings is 1. The molecule has 0 atom stereocenters. The van der Waals surface area contributed by atoms with Crippen LogP contribution in [0, 0.1) is 6.92 Å². The van der Waals surface area contributed by atoms with Crippen molar-refractivity contribution >= 4 is 41.1 Å². The van der Waals surface area contributed by atoms with E-state index < -0.39 is 11.9 Å². The van der Waals surface area contributed by atoms with Crippen molar-refractivity contribution in [2.24, 2.45) is 0 Å². The summed E-state index contributed by atoms with van der Waals surface area (Å²) in [5.41, 5.74) is 0.570. The predicted octanol–water partition coefficient (Wildman–Crippen LogP) is 1.89. The Morgan fingerprint density at radius 3 is 2.48 bits per heavy atom. The van der Waals surface area contributed by atoms with E-state index >= 15 is 0 Å². The maximum Gasteiger partial charge on any atom is 0.335 e. The van der Waals surface area contributed by atoms with Crippen LogP contribution >= 0.6 is 24.8 Å². The van der Waals surface area contributed by atoms with E-state index in [1.807, 2.05) is 0 Å². The molecule has 0 amide bonds. The summed E-state index contributed by atoms with van der Waals surface area (Å²) < 4.78 is 0.726. The Morgan fingerprint density at radius 1 is 1.22 bits per heavy atom. The van der Waals surface area contributed by atoms with Crippen LogP contribution in [-0.4, -0.2) is 57.6 Å². The second-order valence-electron chi connectivity index (χ2n) is 5.01. The van der Waals surface area contributed by atoms with Gasteiger partial charge in [-0.15, -0.1) is 12.6 Å². The summed E-state index contributed by atoms with van der Waals surface area (Å²) in [6.07, 6.45) is 1.17. The van der Waals surface area contributed by atoms with E-state index in [9.17, 15) is 9.59 Å². The quantitative estimate of drug-likeness (QED) is 0.475. The van der Waals surface area contributed by atoms with E-state index in [2.05, 4.69) is 22.8 Å². The summed E-state index contributed by atoms with van der Waals surface area (Å²) in [5, 5.41) is 20.6. The molecule has 0 spiro atoms. The maximum absolute atomic E-state index is 10.6. The Bertz CT molecular complexity index is 585. The van der Waals surface area contributed by atoms with Crippen molar-refractivity contribution in [3.63, 3.8) is 0 Å². The first-order valence-electron chi connectivity index (χ1n) is 7.08. The molecule has 1 aromatic carbocycles. The van der Waals surface area contributed by atoms with Crippen LogP contribution in [0.5, 0.6) is 0 Å². The number of aromatic carboxylic acids is 2. The van der Waals surface area contributed by atoms with Gasteiger partial charge in [0, 0.05) is 19.6 Å². The fourth-order valence-corrected chi connectivity index (χ4v) is 2.41. The average Bonchev–Trinajstić information content (AvgIpc) is 2.77. The molecule has 1 aromatic rings. The molecular weight excluding hydrogens is 336 g/mol. The number of nitrogens with one attached hydrogen (secondary N) is 1. The summed E-state index contributed by atoms with van der Waals surface area (Å²) in [6, 6.07) is 4.01. The second kappa shape index (κ2) is 9.49. The lowest BCUT2D eigenvalue weighted by Gasteiger charge is -2.18. The van der Waals surface area contributed by atoms with Gasteiger partial charge in [-0.25, -0.2) is 9.59 Å². The molecule has 0 radical (unpaired) electrons. The molecule has 23 heavy (non-hydrogen) atoms. The zero-order valence-electron chi connectivity index (χ0n) is 12.8. The van der Waals surface area contributed by atoms with Crippen molar-refractivity contribution in [1.82, 2.24) is 10.2 Å². The molecule has 2 rings (SSSR count). The van der Waals surface area contributed by atoms with Crippen LogP contribution in [0.25, 0.3) is 0 Å². The van der Waals surface area contributed by atoms with Crippen LogP contribution in [0.1, 0.15) is 32.7 Å². The van der Waals surface area contributed by atoms with Crippen molar-refractivity contribution in [3.8, 4) is 0 Å². The number of thiol groups is 1. The van der Waals surface area contributed by atoms with Gasteiger partial charge in [0.05, 0.1) is 11.1 Å². The average molecular weight is 356 g/mol. The van der Waals surface area contributed by atoms with Crippen LogP contribution in [0.4, 0.5) is 0 Å². The minimum atomic E-state index is -1.12. The minimum Gasteiger partial charge on any atom is -0.478 e.